The minimum atomic E-state index is -1.39. The lowest BCUT2D eigenvalue weighted by Gasteiger charge is -2.41. The van der Waals surface area contributed by atoms with Crippen LogP contribution in [0.1, 0.15) is 32.8 Å². The molecule has 126 valence electrons. The van der Waals surface area contributed by atoms with Gasteiger partial charge in [0.1, 0.15) is 6.61 Å². The molecule has 0 aliphatic carbocycles. The number of hydrogen-bond acceptors (Lipinski definition) is 4. The zero-order valence-corrected chi connectivity index (χ0v) is 13.7. The Morgan fingerprint density at radius 1 is 1.39 bits per heavy atom. The lowest BCUT2D eigenvalue weighted by atomic mass is 9.89. The molecule has 6 nitrogen and oxygen atoms in total. The smallest absolute Gasteiger partial charge is 0.411 e. The summed E-state index contributed by atoms with van der Waals surface area (Å²) in [6.45, 7) is 5.65. The van der Waals surface area contributed by atoms with Gasteiger partial charge in [0.2, 0.25) is 0 Å². The van der Waals surface area contributed by atoms with Crippen LogP contribution >= 0.6 is 0 Å². The largest absolute Gasteiger partial charge is 0.479 e. The first kappa shape index (κ1) is 17.3. The number of ether oxygens (including phenoxy) is 2. The third-order valence-electron chi connectivity index (χ3n) is 4.24. The van der Waals surface area contributed by atoms with E-state index in [9.17, 15) is 14.7 Å². The van der Waals surface area contributed by atoms with Crippen LogP contribution in [0.25, 0.3) is 0 Å². The summed E-state index contributed by atoms with van der Waals surface area (Å²) >= 11 is 0. The molecule has 1 N–H and O–H groups in total. The van der Waals surface area contributed by atoms with Gasteiger partial charge in [-0.3, -0.25) is 4.90 Å². The predicted molar refractivity (Wildman–Crippen MR) is 84.0 cm³/mol. The minimum absolute atomic E-state index is 0.105. The zero-order valence-electron chi connectivity index (χ0n) is 13.7. The second kappa shape index (κ2) is 7.00. The third-order valence-corrected chi connectivity index (χ3v) is 4.24. The molecule has 2 rings (SSSR count). The van der Waals surface area contributed by atoms with Crippen molar-refractivity contribution in [3.8, 4) is 0 Å². The molecule has 0 spiro atoms. The molecule has 1 fully saturated rings. The van der Waals surface area contributed by atoms with E-state index in [1.54, 1.807) is 20.8 Å². The van der Waals surface area contributed by atoms with E-state index in [-0.39, 0.29) is 19.1 Å². The Labute approximate surface area is 136 Å². The number of benzene rings is 1. The predicted octanol–water partition coefficient (Wildman–Crippen LogP) is 2.67. The van der Waals surface area contributed by atoms with Gasteiger partial charge in [-0.1, -0.05) is 30.3 Å². The second-order valence-corrected chi connectivity index (χ2v) is 6.00. The van der Waals surface area contributed by atoms with Crippen LogP contribution in [0.2, 0.25) is 0 Å². The van der Waals surface area contributed by atoms with Gasteiger partial charge in [0.25, 0.3) is 0 Å². The van der Waals surface area contributed by atoms with E-state index in [0.717, 1.165) is 5.56 Å². The quantitative estimate of drug-likeness (QED) is 0.902. The maximum atomic E-state index is 12.6. The van der Waals surface area contributed by atoms with Crippen LogP contribution in [0, 0.1) is 0 Å². The van der Waals surface area contributed by atoms with Crippen LogP contribution in [0.15, 0.2) is 30.3 Å². The normalized spacial score (nSPS) is 23.7. The maximum Gasteiger partial charge on any atom is 0.411 e. The zero-order chi connectivity index (χ0) is 17.0. The Morgan fingerprint density at radius 2 is 2.04 bits per heavy atom. The summed E-state index contributed by atoms with van der Waals surface area (Å²) in [5, 5.41) is 9.76. The van der Waals surface area contributed by atoms with Crippen LogP contribution < -0.4 is 0 Å². The van der Waals surface area contributed by atoms with Crippen LogP contribution in [0.3, 0.4) is 0 Å². The van der Waals surface area contributed by atoms with E-state index in [1.807, 2.05) is 30.3 Å². The first-order valence-corrected chi connectivity index (χ1v) is 7.74. The molecule has 1 aromatic carbocycles. The lowest BCUT2D eigenvalue weighted by Crippen LogP contribution is -2.63. The van der Waals surface area contributed by atoms with E-state index >= 15 is 0 Å². The SMILES string of the molecule is CC(C)N(C(=O)OCc1ccccc1)C1(C(=O)O)CCOC1C. The number of carboxylic acid groups (broad SMARTS) is 1. The molecule has 1 saturated heterocycles. The van der Waals surface area contributed by atoms with E-state index in [1.165, 1.54) is 4.90 Å². The number of rotatable bonds is 5. The molecule has 2 unspecified atom stereocenters. The standard InChI is InChI=1S/C17H23NO5/c1-12(2)18(17(15(19)20)9-10-22-13(17)3)16(21)23-11-14-7-5-4-6-8-14/h4-8,12-13H,9-11H2,1-3H3,(H,19,20). The summed E-state index contributed by atoms with van der Waals surface area (Å²) in [6, 6.07) is 8.97. The van der Waals surface area contributed by atoms with Crippen molar-refractivity contribution >= 4 is 12.1 Å². The van der Waals surface area contributed by atoms with E-state index < -0.39 is 23.7 Å². The van der Waals surface area contributed by atoms with Crippen LogP contribution in [0.5, 0.6) is 0 Å². The van der Waals surface area contributed by atoms with E-state index in [0.29, 0.717) is 6.61 Å². The molecule has 0 saturated carbocycles. The average molecular weight is 321 g/mol. The van der Waals surface area contributed by atoms with Crippen LogP contribution in [-0.2, 0) is 20.9 Å². The van der Waals surface area contributed by atoms with E-state index in [2.05, 4.69) is 0 Å². The molecule has 1 aliphatic rings. The molecule has 23 heavy (non-hydrogen) atoms. The maximum absolute atomic E-state index is 12.6. The first-order chi connectivity index (χ1) is 10.9. The molecule has 0 bridgehead atoms. The van der Waals surface area contributed by atoms with Crippen molar-refractivity contribution in [3.63, 3.8) is 0 Å². The summed E-state index contributed by atoms with van der Waals surface area (Å²) in [4.78, 5) is 25.8. The van der Waals surface area contributed by atoms with E-state index in [4.69, 9.17) is 9.47 Å². The number of nitrogens with zero attached hydrogens (tertiary/aromatic N) is 1. The Balaban J connectivity index is 2.20. The highest BCUT2D eigenvalue weighted by molar-refractivity contribution is 5.85. The van der Waals surface area contributed by atoms with Gasteiger partial charge in [-0.15, -0.1) is 0 Å². The summed E-state index contributed by atoms with van der Waals surface area (Å²) in [7, 11) is 0. The van der Waals surface area contributed by atoms with Gasteiger partial charge in [-0.25, -0.2) is 9.59 Å². The van der Waals surface area contributed by atoms with Gasteiger partial charge in [0, 0.05) is 12.5 Å². The first-order valence-electron chi connectivity index (χ1n) is 7.74. The average Bonchev–Trinajstić information content (AvgIpc) is 2.89. The summed E-state index contributed by atoms with van der Waals surface area (Å²) in [5.74, 6) is -1.06. The highest BCUT2D eigenvalue weighted by Crippen LogP contribution is 2.35. The molecule has 1 aliphatic heterocycles. The Morgan fingerprint density at radius 3 is 2.52 bits per heavy atom. The molecule has 1 heterocycles. The van der Waals surface area contributed by atoms with Crippen molar-refractivity contribution in [3.05, 3.63) is 35.9 Å². The minimum Gasteiger partial charge on any atom is -0.479 e. The molecular formula is C17H23NO5. The van der Waals surface area contributed by atoms with Gasteiger partial charge in [-0.2, -0.15) is 0 Å². The Hall–Kier alpha value is -2.08. The van der Waals surface area contributed by atoms with Crippen molar-refractivity contribution in [1.29, 1.82) is 0 Å². The summed E-state index contributed by atoms with van der Waals surface area (Å²) in [5.41, 5.74) is -0.535. The number of carbonyl (C=O) groups excluding carboxylic acids is 1. The van der Waals surface area contributed by atoms with Crippen molar-refractivity contribution in [2.45, 2.75) is 51.5 Å². The van der Waals surface area contributed by atoms with Crippen molar-refractivity contribution in [2.24, 2.45) is 0 Å². The van der Waals surface area contributed by atoms with Crippen molar-refractivity contribution in [1.82, 2.24) is 4.90 Å². The van der Waals surface area contributed by atoms with Gasteiger partial charge >= 0.3 is 12.1 Å². The fourth-order valence-electron chi connectivity index (χ4n) is 3.06. The lowest BCUT2D eigenvalue weighted by molar-refractivity contribution is -0.155. The van der Waals surface area contributed by atoms with Gasteiger partial charge in [0.15, 0.2) is 5.54 Å². The van der Waals surface area contributed by atoms with Crippen molar-refractivity contribution < 1.29 is 24.2 Å². The topological polar surface area (TPSA) is 76.1 Å². The summed E-state index contributed by atoms with van der Waals surface area (Å²) in [6.07, 6.45) is -0.974. The highest BCUT2D eigenvalue weighted by Gasteiger charge is 2.56. The number of amides is 1. The highest BCUT2D eigenvalue weighted by atomic mass is 16.6. The molecule has 2 atom stereocenters. The van der Waals surface area contributed by atoms with Gasteiger partial charge in [-0.05, 0) is 26.3 Å². The second-order valence-electron chi connectivity index (χ2n) is 6.00. The van der Waals surface area contributed by atoms with Crippen molar-refractivity contribution in [2.75, 3.05) is 6.61 Å². The number of carbonyl (C=O) groups is 2. The number of hydrogen-bond donors (Lipinski definition) is 1. The number of carboxylic acids is 1. The fourth-order valence-corrected chi connectivity index (χ4v) is 3.06. The molecule has 0 aromatic heterocycles. The Kier molecular flexibility index (Phi) is 5.26. The molecule has 6 heteroatoms. The molecule has 0 radical (unpaired) electrons. The Bertz CT molecular complexity index is 559. The summed E-state index contributed by atoms with van der Waals surface area (Å²) < 4.78 is 10.8. The fraction of sp³-hybridized carbons (Fsp3) is 0.529. The van der Waals surface area contributed by atoms with Crippen LogP contribution in [-0.4, -0.2) is 46.4 Å². The molecular weight excluding hydrogens is 298 g/mol. The monoisotopic (exact) mass is 321 g/mol. The van der Waals surface area contributed by atoms with Gasteiger partial charge < -0.3 is 14.6 Å². The number of aliphatic carboxylic acids is 1. The molecule has 1 amide bonds. The van der Waals surface area contributed by atoms with Gasteiger partial charge in [0.05, 0.1) is 12.7 Å². The van der Waals surface area contributed by atoms with Crippen LogP contribution in [0.4, 0.5) is 4.79 Å². The molecule has 1 aromatic rings. The third kappa shape index (κ3) is 3.32.